The molecule has 0 atom stereocenters. The van der Waals surface area contributed by atoms with E-state index >= 15 is 0 Å². The summed E-state index contributed by atoms with van der Waals surface area (Å²) in [5.41, 5.74) is 0.864. The van der Waals surface area contributed by atoms with Gasteiger partial charge in [-0.3, -0.25) is 9.59 Å². The van der Waals surface area contributed by atoms with E-state index in [-0.39, 0.29) is 25.2 Å². The topological polar surface area (TPSA) is 84.9 Å². The third-order valence-electron chi connectivity index (χ3n) is 3.44. The molecule has 28 heavy (non-hydrogen) atoms. The Kier molecular flexibility index (Phi) is 7.25. The third kappa shape index (κ3) is 7.98. The Balaban J connectivity index is 1.84. The first-order chi connectivity index (χ1) is 13.2. The quantitative estimate of drug-likeness (QED) is 0.625. The van der Waals surface area contributed by atoms with Gasteiger partial charge in [-0.05, 0) is 48.4 Å². The number of carbonyl (C=O) groups is 2. The van der Waals surface area contributed by atoms with Gasteiger partial charge >= 0.3 is 12.3 Å². The number of carboxylic acid groups (broad SMARTS) is 1. The standard InChI is InChI=1S/C19H18F3NO5/c20-19(21,22)28-16-4-1-3-13(11-16)12-17(24)23-14-6-8-15(9-7-14)27-10-2-5-18(25)26/h1,3-4,6-9,11H,2,5,10,12H2,(H,23,24)(H,25,26). The van der Waals surface area contributed by atoms with Crippen LogP contribution in [-0.2, 0) is 16.0 Å². The molecule has 0 fully saturated rings. The number of ether oxygens (including phenoxy) is 2. The van der Waals surface area contributed by atoms with Gasteiger partial charge in [0.25, 0.3) is 0 Å². The highest BCUT2D eigenvalue weighted by Crippen LogP contribution is 2.23. The SMILES string of the molecule is O=C(O)CCCOc1ccc(NC(=O)Cc2cccc(OC(F)(F)F)c2)cc1. The number of benzene rings is 2. The molecule has 2 N–H and O–H groups in total. The molecule has 0 heterocycles. The molecule has 0 saturated heterocycles. The molecule has 0 radical (unpaired) electrons. The molecule has 2 aromatic carbocycles. The smallest absolute Gasteiger partial charge is 0.494 e. The van der Waals surface area contributed by atoms with Gasteiger partial charge < -0.3 is 19.9 Å². The molecule has 0 bridgehead atoms. The fourth-order valence-electron chi connectivity index (χ4n) is 2.29. The molecular formula is C19H18F3NO5. The lowest BCUT2D eigenvalue weighted by Crippen LogP contribution is -2.17. The van der Waals surface area contributed by atoms with Crippen LogP contribution in [0.25, 0.3) is 0 Å². The zero-order valence-electron chi connectivity index (χ0n) is 14.7. The van der Waals surface area contributed by atoms with Crippen molar-refractivity contribution in [3.05, 3.63) is 54.1 Å². The highest BCUT2D eigenvalue weighted by molar-refractivity contribution is 5.92. The van der Waals surface area contributed by atoms with Crippen LogP contribution in [0.15, 0.2) is 48.5 Å². The van der Waals surface area contributed by atoms with Gasteiger partial charge in [0.2, 0.25) is 5.91 Å². The van der Waals surface area contributed by atoms with E-state index in [0.29, 0.717) is 23.4 Å². The van der Waals surface area contributed by atoms with Crippen LogP contribution < -0.4 is 14.8 Å². The van der Waals surface area contributed by atoms with Gasteiger partial charge in [0, 0.05) is 12.1 Å². The summed E-state index contributed by atoms with van der Waals surface area (Å²) in [4.78, 5) is 22.5. The summed E-state index contributed by atoms with van der Waals surface area (Å²) < 4.78 is 46.0. The van der Waals surface area contributed by atoms with Crippen molar-refractivity contribution >= 4 is 17.6 Å². The minimum atomic E-state index is -4.79. The van der Waals surface area contributed by atoms with Gasteiger partial charge in [0.1, 0.15) is 11.5 Å². The van der Waals surface area contributed by atoms with Crippen LogP contribution in [0.4, 0.5) is 18.9 Å². The van der Waals surface area contributed by atoms with Gasteiger partial charge in [0.15, 0.2) is 0 Å². The highest BCUT2D eigenvalue weighted by Gasteiger charge is 2.31. The summed E-state index contributed by atoms with van der Waals surface area (Å²) >= 11 is 0. The largest absolute Gasteiger partial charge is 0.573 e. The molecule has 0 aliphatic heterocycles. The second-order valence-corrected chi connectivity index (χ2v) is 5.79. The lowest BCUT2D eigenvalue weighted by molar-refractivity contribution is -0.274. The summed E-state index contributed by atoms with van der Waals surface area (Å²) in [5, 5.41) is 11.2. The number of hydrogen-bond donors (Lipinski definition) is 2. The fourth-order valence-corrected chi connectivity index (χ4v) is 2.29. The van der Waals surface area contributed by atoms with Crippen LogP contribution in [0.3, 0.4) is 0 Å². The zero-order valence-corrected chi connectivity index (χ0v) is 14.7. The van der Waals surface area contributed by atoms with Crippen LogP contribution >= 0.6 is 0 Å². The second kappa shape index (κ2) is 9.63. The molecule has 0 spiro atoms. The molecule has 9 heteroatoms. The Morgan fingerprint density at radius 1 is 1.04 bits per heavy atom. The monoisotopic (exact) mass is 397 g/mol. The van der Waals surface area contributed by atoms with E-state index in [4.69, 9.17) is 9.84 Å². The lowest BCUT2D eigenvalue weighted by Gasteiger charge is -2.10. The van der Waals surface area contributed by atoms with Crippen molar-refractivity contribution in [2.45, 2.75) is 25.6 Å². The van der Waals surface area contributed by atoms with E-state index in [1.807, 2.05) is 0 Å². The summed E-state index contributed by atoms with van der Waals surface area (Å²) in [5.74, 6) is -1.15. The van der Waals surface area contributed by atoms with Gasteiger partial charge in [-0.15, -0.1) is 13.2 Å². The molecule has 0 aromatic heterocycles. The molecule has 1 amide bonds. The number of anilines is 1. The van der Waals surface area contributed by atoms with Crippen LogP contribution in [-0.4, -0.2) is 30.0 Å². The van der Waals surface area contributed by atoms with Crippen molar-refractivity contribution in [3.8, 4) is 11.5 Å². The average molecular weight is 397 g/mol. The van der Waals surface area contributed by atoms with Crippen molar-refractivity contribution in [2.24, 2.45) is 0 Å². The predicted octanol–water partition coefficient (Wildman–Crippen LogP) is 4.01. The summed E-state index contributed by atoms with van der Waals surface area (Å²) in [6.45, 7) is 0.258. The first-order valence-electron chi connectivity index (χ1n) is 8.30. The van der Waals surface area contributed by atoms with E-state index in [2.05, 4.69) is 10.1 Å². The summed E-state index contributed by atoms with van der Waals surface area (Å²) in [7, 11) is 0. The molecule has 0 saturated carbocycles. The Morgan fingerprint density at radius 3 is 2.39 bits per heavy atom. The summed E-state index contributed by atoms with van der Waals surface area (Å²) in [6, 6.07) is 11.7. The Bertz CT molecular complexity index is 806. The number of halogens is 3. The van der Waals surface area contributed by atoms with Gasteiger partial charge in [-0.2, -0.15) is 0 Å². The number of nitrogens with one attached hydrogen (secondary N) is 1. The van der Waals surface area contributed by atoms with E-state index in [1.54, 1.807) is 24.3 Å². The van der Waals surface area contributed by atoms with E-state index in [0.717, 1.165) is 12.1 Å². The van der Waals surface area contributed by atoms with Crippen LogP contribution in [0, 0.1) is 0 Å². The molecule has 0 aliphatic rings. The minimum Gasteiger partial charge on any atom is -0.494 e. The number of carboxylic acids is 1. The maximum Gasteiger partial charge on any atom is 0.573 e. The van der Waals surface area contributed by atoms with Crippen molar-refractivity contribution in [1.29, 1.82) is 0 Å². The summed E-state index contributed by atoms with van der Waals surface area (Å²) in [6.07, 6.45) is -4.52. The van der Waals surface area contributed by atoms with Gasteiger partial charge in [-0.25, -0.2) is 0 Å². The van der Waals surface area contributed by atoms with Gasteiger partial charge in [-0.1, -0.05) is 12.1 Å². The Morgan fingerprint density at radius 2 is 1.75 bits per heavy atom. The van der Waals surface area contributed by atoms with Crippen LogP contribution in [0.1, 0.15) is 18.4 Å². The third-order valence-corrected chi connectivity index (χ3v) is 3.44. The van der Waals surface area contributed by atoms with E-state index < -0.39 is 18.2 Å². The molecule has 0 unspecified atom stereocenters. The zero-order chi connectivity index (χ0) is 20.6. The van der Waals surface area contributed by atoms with Crippen molar-refractivity contribution in [2.75, 3.05) is 11.9 Å². The average Bonchev–Trinajstić information content (AvgIpc) is 2.58. The van der Waals surface area contributed by atoms with Crippen molar-refractivity contribution in [1.82, 2.24) is 0 Å². The maximum absolute atomic E-state index is 12.3. The van der Waals surface area contributed by atoms with Crippen LogP contribution in [0.5, 0.6) is 11.5 Å². The Labute approximate surface area is 158 Å². The molecular weight excluding hydrogens is 379 g/mol. The molecule has 2 rings (SSSR count). The van der Waals surface area contributed by atoms with E-state index in [9.17, 15) is 22.8 Å². The highest BCUT2D eigenvalue weighted by atomic mass is 19.4. The normalized spacial score (nSPS) is 11.0. The maximum atomic E-state index is 12.3. The molecule has 2 aromatic rings. The van der Waals surface area contributed by atoms with E-state index in [1.165, 1.54) is 12.1 Å². The fraction of sp³-hybridized carbons (Fsp3) is 0.263. The van der Waals surface area contributed by atoms with Crippen LogP contribution in [0.2, 0.25) is 0 Å². The predicted molar refractivity (Wildman–Crippen MR) is 94.3 cm³/mol. The number of amides is 1. The first-order valence-corrected chi connectivity index (χ1v) is 8.30. The van der Waals surface area contributed by atoms with Gasteiger partial charge in [0.05, 0.1) is 13.0 Å². The number of carbonyl (C=O) groups excluding carboxylic acids is 1. The number of rotatable bonds is 9. The number of aliphatic carboxylic acids is 1. The number of hydrogen-bond acceptors (Lipinski definition) is 4. The Hall–Kier alpha value is -3.23. The minimum absolute atomic E-state index is 0.0172. The second-order valence-electron chi connectivity index (χ2n) is 5.79. The first kappa shape index (κ1) is 21.1. The van der Waals surface area contributed by atoms with Crippen molar-refractivity contribution < 1.29 is 37.3 Å². The molecule has 6 nitrogen and oxygen atoms in total. The lowest BCUT2D eigenvalue weighted by atomic mass is 10.1. The molecule has 150 valence electrons. The van der Waals surface area contributed by atoms with Crippen molar-refractivity contribution in [3.63, 3.8) is 0 Å². The number of alkyl halides is 3. The molecule has 0 aliphatic carbocycles.